The Kier molecular flexibility index (Phi) is 26.9. The van der Waals surface area contributed by atoms with E-state index in [4.69, 9.17) is 0 Å². The van der Waals surface area contributed by atoms with Gasteiger partial charge >= 0.3 is 26.2 Å². The summed E-state index contributed by atoms with van der Waals surface area (Å²) in [4.78, 5) is 0. The number of hydrogen-bond acceptors (Lipinski definition) is 0. The van der Waals surface area contributed by atoms with Gasteiger partial charge in [-0.2, -0.15) is 0 Å². The average Bonchev–Trinajstić information content (AvgIpc) is 4.25. The molecule has 0 aromatic heterocycles. The molecule has 29 heteroatoms. The molecule has 3 aliphatic rings. The number of benzene rings is 5. The Morgan fingerprint density at radius 2 is 0.506 bits per heavy atom. The summed E-state index contributed by atoms with van der Waals surface area (Å²) in [5.41, 5.74) is -7.96. The van der Waals surface area contributed by atoms with Crippen LogP contribution in [0.5, 0.6) is 0 Å². The summed E-state index contributed by atoms with van der Waals surface area (Å²) in [6.07, 6.45) is 17.5. The van der Waals surface area contributed by atoms with E-state index >= 15 is 26.3 Å². The van der Waals surface area contributed by atoms with Gasteiger partial charge in [0.15, 0.2) is 59.1 Å². The van der Waals surface area contributed by atoms with Gasteiger partial charge in [0.05, 0.1) is 58.2 Å². The zero-order chi connectivity index (χ0) is 56.4. The van der Waals surface area contributed by atoms with Gasteiger partial charge in [-0.3, -0.25) is 17.6 Å². The Morgan fingerprint density at radius 1 is 0.312 bits per heavy atom. The van der Waals surface area contributed by atoms with Crippen LogP contribution in [0, 0.1) is 222 Å². The SMILES string of the molecule is Fc1[c-]c(F)c(F)c(F)c1F.Fc1[c-]c(F)c(F)c(F)c1F.Fc1c(F)c(F)c([B-](/C=C/CCB2C=CC=C2)(c2c(F)c(F)c(F)c(F)c2F)c2c(F)c(F)c(F)c(F)c2F)c(F)c1F.[CH]1[CH][CH][CH][CH]1.[CH]1[CH][CH][CH][CH]1.[Zr+2].[Zr]. The van der Waals surface area contributed by atoms with Gasteiger partial charge in [0.1, 0.15) is 41.0 Å². The van der Waals surface area contributed by atoms with Crippen molar-refractivity contribution in [1.82, 2.24) is 0 Å². The Hall–Kier alpha value is -4.53. The van der Waals surface area contributed by atoms with Crippen LogP contribution in [-0.4, -0.2) is 12.9 Å². The maximum atomic E-state index is 15.3. The Labute approximate surface area is 459 Å². The zero-order valence-electron chi connectivity index (χ0n) is 37.3. The van der Waals surface area contributed by atoms with Gasteiger partial charge in [0.2, 0.25) is 0 Å². The quantitative estimate of drug-likeness (QED) is 0.0501. The first-order valence-electron chi connectivity index (χ1n) is 20.1. The van der Waals surface area contributed by atoms with E-state index in [2.05, 4.69) is 0 Å². The van der Waals surface area contributed by atoms with Gasteiger partial charge in [-0.05, 0) is 70.6 Å². The van der Waals surface area contributed by atoms with E-state index in [1.54, 1.807) is 24.1 Å². The normalized spacial score (nSPS) is 13.5. The third kappa shape index (κ3) is 15.2. The second-order valence-corrected chi connectivity index (χ2v) is 14.6. The molecule has 77 heavy (non-hydrogen) atoms. The minimum absolute atomic E-state index is 0. The van der Waals surface area contributed by atoms with E-state index in [0.717, 1.165) is 12.1 Å². The van der Waals surface area contributed by atoms with Crippen molar-refractivity contribution in [3.8, 4) is 0 Å². The third-order valence-corrected chi connectivity index (χ3v) is 10.1. The molecule has 0 N–H and O–H groups in total. The average molecular weight is 1280 g/mol. The van der Waals surface area contributed by atoms with Gasteiger partial charge in [0.25, 0.3) is 0 Å². The van der Waals surface area contributed by atoms with Gasteiger partial charge < -0.3 is 0 Å². The third-order valence-electron chi connectivity index (χ3n) is 10.1. The molecule has 0 amide bonds. The van der Waals surface area contributed by atoms with Crippen LogP contribution in [-0.2, 0) is 52.4 Å². The van der Waals surface area contributed by atoms with E-state index in [1.807, 2.05) is 64.2 Å². The maximum absolute atomic E-state index is 15.3. The van der Waals surface area contributed by atoms with Crippen LogP contribution in [0.25, 0.3) is 0 Å². The molecular formula is C48H20B2F25Zr2-. The fraction of sp³-hybridized carbons (Fsp3) is 0.0417. The number of halogens is 25. The number of hydrogen-bond donors (Lipinski definition) is 0. The summed E-state index contributed by atoms with van der Waals surface area (Å²) in [6.45, 7) is -0.413. The van der Waals surface area contributed by atoms with E-state index in [9.17, 15) is 83.4 Å². The van der Waals surface area contributed by atoms with Crippen LogP contribution >= 0.6 is 0 Å². The molecule has 1 aliphatic heterocycles. The molecule has 1 heterocycles. The molecular weight excluding hydrogens is 1260 g/mol. The summed E-state index contributed by atoms with van der Waals surface area (Å²) in [7, 11) is 0. The van der Waals surface area contributed by atoms with Crippen molar-refractivity contribution in [2.75, 3.05) is 0 Å². The maximum Gasteiger partial charge on any atom is 2.00 e. The molecule has 0 nitrogen and oxygen atoms in total. The summed E-state index contributed by atoms with van der Waals surface area (Å²) in [5, 5.41) is 0. The molecule has 0 saturated heterocycles. The van der Waals surface area contributed by atoms with Crippen molar-refractivity contribution in [2.24, 2.45) is 0 Å². The fourth-order valence-corrected chi connectivity index (χ4v) is 6.68. The first kappa shape index (κ1) is 68.6. The van der Waals surface area contributed by atoms with Crippen molar-refractivity contribution < 1.29 is 162 Å². The van der Waals surface area contributed by atoms with E-state index in [-0.39, 0.29) is 64.7 Å². The molecule has 2 fully saturated rings. The monoisotopic (exact) mass is 1270 g/mol. The summed E-state index contributed by atoms with van der Waals surface area (Å²) < 4.78 is 340. The molecule has 5 aromatic carbocycles. The molecule has 2 saturated carbocycles. The molecule has 10 radical (unpaired) electrons. The molecule has 0 atom stereocenters. The minimum atomic E-state index is -5.66. The molecule has 5 aromatic rings. The van der Waals surface area contributed by atoms with Crippen LogP contribution in [0.1, 0.15) is 6.42 Å². The van der Waals surface area contributed by atoms with Gasteiger partial charge in [-0.15, -0.1) is 46.5 Å². The van der Waals surface area contributed by atoms with Crippen LogP contribution in [0.15, 0.2) is 36.2 Å². The van der Waals surface area contributed by atoms with Crippen LogP contribution in [0.3, 0.4) is 0 Å². The second kappa shape index (κ2) is 30.2. The molecule has 8 rings (SSSR count). The topological polar surface area (TPSA) is 0 Å². The second-order valence-electron chi connectivity index (χ2n) is 14.6. The molecule has 2 aliphatic carbocycles. The predicted octanol–water partition coefficient (Wildman–Crippen LogP) is 12.8. The van der Waals surface area contributed by atoms with Crippen LogP contribution in [0.2, 0.25) is 6.32 Å². The van der Waals surface area contributed by atoms with Gasteiger partial charge in [0, 0.05) is 26.2 Å². The van der Waals surface area contributed by atoms with Crippen molar-refractivity contribution in [2.45, 2.75) is 12.7 Å². The summed E-state index contributed by atoms with van der Waals surface area (Å²) >= 11 is 0. The summed E-state index contributed by atoms with van der Waals surface area (Å²) in [6, 6.07) is 2.05. The Balaban J connectivity index is 0.000000475. The van der Waals surface area contributed by atoms with Crippen molar-refractivity contribution in [3.63, 3.8) is 0 Å². The zero-order valence-corrected chi connectivity index (χ0v) is 42.2. The molecule has 0 unspecified atom stereocenters. The number of rotatable bonds is 7. The van der Waals surface area contributed by atoms with E-state index in [1.165, 1.54) is 0 Å². The van der Waals surface area contributed by atoms with E-state index < -0.39 is 181 Å². The largest absolute Gasteiger partial charge is 2.00 e. The smallest absolute Gasteiger partial charge is 0.278 e. The van der Waals surface area contributed by atoms with E-state index in [0.29, 0.717) is 6.08 Å². The Morgan fingerprint density at radius 3 is 0.727 bits per heavy atom. The molecule has 402 valence electrons. The van der Waals surface area contributed by atoms with Gasteiger partial charge in [-0.1, -0.05) is 18.5 Å². The molecule has 0 spiro atoms. The molecule has 0 bridgehead atoms. The van der Waals surface area contributed by atoms with Crippen molar-refractivity contribution in [1.29, 1.82) is 0 Å². The van der Waals surface area contributed by atoms with Crippen molar-refractivity contribution >= 4 is 29.2 Å². The number of allylic oxidation sites excluding steroid dienone is 3. The Bertz CT molecular complexity index is 2590. The minimum Gasteiger partial charge on any atom is -0.278 e. The summed E-state index contributed by atoms with van der Waals surface area (Å²) in [5.74, 6) is -62.3. The van der Waals surface area contributed by atoms with Crippen LogP contribution in [0.4, 0.5) is 110 Å². The van der Waals surface area contributed by atoms with Crippen LogP contribution < -0.4 is 16.4 Å². The van der Waals surface area contributed by atoms with Crippen molar-refractivity contribution in [3.05, 3.63) is 258 Å². The predicted molar refractivity (Wildman–Crippen MR) is 219 cm³/mol. The first-order chi connectivity index (χ1) is 35.2. The standard InChI is InChI=1S/C26H10B2F15.2C6F5.2C5H5.2Zr/c29-12-9(13(30)19(36)24(41)18(12)35)28(8-4-3-7-27-5-1-2-6-27,10-14(31)20(37)25(42)21(38)15(10)32)11-16(33)22(39)26(43)23(40)17(11)34;2*7-2-1-3(8)5(10)6(11)4(2)9;2*1-2-4-5-3-1;;/h1-2,4-6,8H,3,7H2;;;2*1-5H;;/q3*-1;;;;+2/b8-4+;;;;;;. The first-order valence-corrected chi connectivity index (χ1v) is 20.1. The fourth-order valence-electron chi connectivity index (χ4n) is 6.68. The van der Waals surface area contributed by atoms with Gasteiger partial charge in [-0.25, -0.2) is 98.2 Å².